The molecule has 0 fully saturated rings. The van der Waals surface area contributed by atoms with Crippen LogP contribution in [-0.4, -0.2) is 20.9 Å². The molecule has 4 nitrogen and oxygen atoms in total. The Hall–Kier alpha value is -2.17. The van der Waals surface area contributed by atoms with E-state index in [2.05, 4.69) is 5.10 Å². The highest BCUT2D eigenvalue weighted by atomic mass is 19.1. The van der Waals surface area contributed by atoms with E-state index < -0.39 is 5.97 Å². The van der Waals surface area contributed by atoms with E-state index in [1.807, 2.05) is 6.07 Å². The molecule has 1 N–H and O–H groups in total. The number of carbonyl (C=O) groups is 1. The second-order valence-corrected chi connectivity index (χ2v) is 4.08. The van der Waals surface area contributed by atoms with Crippen molar-refractivity contribution in [3.05, 3.63) is 53.1 Å². The number of rotatable bonds is 4. The van der Waals surface area contributed by atoms with E-state index in [0.717, 1.165) is 11.3 Å². The average Bonchev–Trinajstić information content (AvgIpc) is 2.68. The van der Waals surface area contributed by atoms with Crippen molar-refractivity contribution in [1.82, 2.24) is 9.78 Å². The van der Waals surface area contributed by atoms with Crippen LogP contribution in [0.25, 0.3) is 0 Å². The van der Waals surface area contributed by atoms with Gasteiger partial charge in [-0.25, -0.2) is 9.18 Å². The van der Waals surface area contributed by atoms with Gasteiger partial charge in [0.25, 0.3) is 0 Å². The van der Waals surface area contributed by atoms with Gasteiger partial charge in [0.2, 0.25) is 0 Å². The van der Waals surface area contributed by atoms with Crippen molar-refractivity contribution in [2.75, 3.05) is 0 Å². The van der Waals surface area contributed by atoms with Gasteiger partial charge in [-0.05, 0) is 37.1 Å². The molecule has 0 saturated carbocycles. The van der Waals surface area contributed by atoms with E-state index in [0.29, 0.717) is 13.0 Å². The number of hydrogen-bond donors (Lipinski definition) is 1. The van der Waals surface area contributed by atoms with Crippen LogP contribution in [0.15, 0.2) is 30.3 Å². The average molecular weight is 248 g/mol. The maximum Gasteiger partial charge on any atom is 0.356 e. The molecule has 0 amide bonds. The van der Waals surface area contributed by atoms with Gasteiger partial charge in [-0.1, -0.05) is 12.1 Å². The first kappa shape index (κ1) is 12.3. The molecule has 5 heteroatoms. The van der Waals surface area contributed by atoms with Crippen LogP contribution in [-0.2, 0) is 13.0 Å². The van der Waals surface area contributed by atoms with Crippen molar-refractivity contribution < 1.29 is 14.3 Å². The SMILES string of the molecule is Cc1cc(C(=O)O)nn1CCc1cccc(F)c1. The van der Waals surface area contributed by atoms with E-state index in [-0.39, 0.29) is 11.5 Å². The first-order valence-electron chi connectivity index (χ1n) is 5.58. The Morgan fingerprint density at radius 1 is 1.44 bits per heavy atom. The van der Waals surface area contributed by atoms with Crippen LogP contribution in [0.3, 0.4) is 0 Å². The fourth-order valence-electron chi connectivity index (χ4n) is 1.77. The molecule has 0 unspecified atom stereocenters. The minimum Gasteiger partial charge on any atom is -0.476 e. The summed E-state index contributed by atoms with van der Waals surface area (Å²) in [5, 5.41) is 12.8. The second kappa shape index (κ2) is 5.00. The first-order valence-corrected chi connectivity index (χ1v) is 5.58. The van der Waals surface area contributed by atoms with Gasteiger partial charge < -0.3 is 5.11 Å². The number of carboxylic acid groups (broad SMARTS) is 1. The highest BCUT2D eigenvalue weighted by molar-refractivity contribution is 5.85. The number of carboxylic acids is 1. The predicted octanol–water partition coefficient (Wildman–Crippen LogP) is 2.27. The van der Waals surface area contributed by atoms with E-state index in [1.165, 1.54) is 18.2 Å². The van der Waals surface area contributed by atoms with Crippen LogP contribution in [0.5, 0.6) is 0 Å². The summed E-state index contributed by atoms with van der Waals surface area (Å²) in [6.07, 6.45) is 0.610. The summed E-state index contributed by atoms with van der Waals surface area (Å²) in [6.45, 7) is 2.33. The first-order chi connectivity index (χ1) is 8.56. The molecule has 0 aliphatic rings. The third kappa shape index (κ3) is 2.74. The number of halogens is 1. The van der Waals surface area contributed by atoms with Crippen LogP contribution in [0.1, 0.15) is 21.7 Å². The molecule has 0 aliphatic carbocycles. The lowest BCUT2D eigenvalue weighted by atomic mass is 10.1. The fraction of sp³-hybridized carbons (Fsp3) is 0.231. The van der Waals surface area contributed by atoms with Gasteiger partial charge in [-0.3, -0.25) is 4.68 Å². The highest BCUT2D eigenvalue weighted by Gasteiger charge is 2.10. The molecule has 1 heterocycles. The molecular weight excluding hydrogens is 235 g/mol. The van der Waals surface area contributed by atoms with E-state index in [4.69, 9.17) is 5.11 Å². The van der Waals surface area contributed by atoms with Crippen LogP contribution in [0, 0.1) is 12.7 Å². The van der Waals surface area contributed by atoms with Crippen LogP contribution in [0.2, 0.25) is 0 Å². The van der Waals surface area contributed by atoms with E-state index in [9.17, 15) is 9.18 Å². The normalized spacial score (nSPS) is 10.6. The number of nitrogens with zero attached hydrogens (tertiary/aromatic N) is 2. The molecule has 0 saturated heterocycles. The standard InChI is InChI=1S/C13H13FN2O2/c1-9-7-12(13(17)18)15-16(9)6-5-10-3-2-4-11(14)8-10/h2-4,7-8H,5-6H2,1H3,(H,17,18). The number of hydrogen-bond acceptors (Lipinski definition) is 2. The summed E-state index contributed by atoms with van der Waals surface area (Å²) in [6, 6.07) is 7.87. The van der Waals surface area contributed by atoms with Crippen molar-refractivity contribution in [3.8, 4) is 0 Å². The minimum absolute atomic E-state index is 0.0340. The summed E-state index contributed by atoms with van der Waals surface area (Å²) in [5.41, 5.74) is 1.68. The molecule has 0 spiro atoms. The van der Waals surface area contributed by atoms with Crippen LogP contribution in [0.4, 0.5) is 4.39 Å². The number of aromatic carboxylic acids is 1. The molecule has 2 aromatic rings. The summed E-state index contributed by atoms with van der Waals surface area (Å²) in [4.78, 5) is 10.8. The van der Waals surface area contributed by atoms with Gasteiger partial charge in [0.05, 0.1) is 0 Å². The molecule has 0 bridgehead atoms. The third-order valence-corrected chi connectivity index (χ3v) is 2.70. The molecule has 1 aromatic heterocycles. The van der Waals surface area contributed by atoms with E-state index >= 15 is 0 Å². The Bertz CT molecular complexity index is 578. The Labute approximate surface area is 104 Å². The summed E-state index contributed by atoms with van der Waals surface area (Å²) < 4.78 is 14.6. The molecule has 94 valence electrons. The fourth-order valence-corrected chi connectivity index (χ4v) is 1.77. The largest absolute Gasteiger partial charge is 0.476 e. The van der Waals surface area contributed by atoms with Crippen LogP contribution < -0.4 is 0 Å². The molecule has 0 radical (unpaired) electrons. The molecule has 1 aromatic carbocycles. The number of benzene rings is 1. The van der Waals surface area contributed by atoms with Crippen molar-refractivity contribution in [3.63, 3.8) is 0 Å². The monoisotopic (exact) mass is 248 g/mol. The van der Waals surface area contributed by atoms with Gasteiger partial charge in [-0.15, -0.1) is 0 Å². The quantitative estimate of drug-likeness (QED) is 0.903. The Morgan fingerprint density at radius 3 is 2.83 bits per heavy atom. The van der Waals surface area contributed by atoms with Crippen molar-refractivity contribution >= 4 is 5.97 Å². The van der Waals surface area contributed by atoms with Crippen molar-refractivity contribution in [2.24, 2.45) is 0 Å². The zero-order valence-electron chi connectivity index (χ0n) is 9.93. The highest BCUT2D eigenvalue weighted by Crippen LogP contribution is 2.08. The van der Waals surface area contributed by atoms with Crippen LogP contribution >= 0.6 is 0 Å². The Balaban J connectivity index is 2.08. The molecule has 18 heavy (non-hydrogen) atoms. The minimum atomic E-state index is -1.04. The zero-order chi connectivity index (χ0) is 13.1. The smallest absolute Gasteiger partial charge is 0.356 e. The number of aromatic nitrogens is 2. The van der Waals surface area contributed by atoms with Gasteiger partial charge in [0, 0.05) is 12.2 Å². The summed E-state index contributed by atoms with van der Waals surface area (Å²) in [5.74, 6) is -1.31. The lowest BCUT2D eigenvalue weighted by Crippen LogP contribution is -2.07. The lowest BCUT2D eigenvalue weighted by molar-refractivity contribution is 0.0689. The molecule has 0 aliphatic heterocycles. The predicted molar refractivity (Wildman–Crippen MR) is 64.0 cm³/mol. The topological polar surface area (TPSA) is 55.1 Å². The number of aryl methyl sites for hydroxylation is 3. The second-order valence-electron chi connectivity index (χ2n) is 4.08. The van der Waals surface area contributed by atoms with Gasteiger partial charge in [-0.2, -0.15) is 5.10 Å². The Morgan fingerprint density at radius 2 is 2.22 bits per heavy atom. The third-order valence-electron chi connectivity index (χ3n) is 2.70. The molecular formula is C13H13FN2O2. The Kier molecular flexibility index (Phi) is 3.41. The van der Waals surface area contributed by atoms with Crippen molar-refractivity contribution in [2.45, 2.75) is 19.9 Å². The maximum atomic E-state index is 13.0. The summed E-state index contributed by atoms with van der Waals surface area (Å²) >= 11 is 0. The van der Waals surface area contributed by atoms with Gasteiger partial charge in [0.15, 0.2) is 5.69 Å². The lowest BCUT2D eigenvalue weighted by Gasteiger charge is -2.04. The molecule has 0 atom stereocenters. The van der Waals surface area contributed by atoms with Crippen molar-refractivity contribution in [1.29, 1.82) is 0 Å². The van der Waals surface area contributed by atoms with Gasteiger partial charge >= 0.3 is 5.97 Å². The maximum absolute atomic E-state index is 13.0. The van der Waals surface area contributed by atoms with E-state index in [1.54, 1.807) is 17.7 Å². The molecule has 2 rings (SSSR count). The summed E-state index contributed by atoms with van der Waals surface area (Å²) in [7, 11) is 0. The van der Waals surface area contributed by atoms with Gasteiger partial charge in [0.1, 0.15) is 5.82 Å². The zero-order valence-corrected chi connectivity index (χ0v) is 9.93.